The second-order valence-electron chi connectivity index (χ2n) is 18.3. The first-order valence-corrected chi connectivity index (χ1v) is 22.3. The summed E-state index contributed by atoms with van der Waals surface area (Å²) < 4.78 is 16.5. The number of benzene rings is 2. The number of fused-ring (bicyclic) bond motifs is 1. The van der Waals surface area contributed by atoms with Crippen LogP contribution in [0.2, 0.25) is 0 Å². The van der Waals surface area contributed by atoms with E-state index in [9.17, 15) is 0 Å². The molecule has 336 valence electrons. The van der Waals surface area contributed by atoms with Crippen molar-refractivity contribution in [3.8, 4) is 45.5 Å². The van der Waals surface area contributed by atoms with Crippen LogP contribution in [0.5, 0.6) is 0 Å². The molecule has 0 saturated heterocycles. The van der Waals surface area contributed by atoms with E-state index in [1.54, 1.807) is 0 Å². The fourth-order valence-electron chi connectivity index (χ4n) is 10.1. The topological polar surface area (TPSA) is 143 Å². The van der Waals surface area contributed by atoms with Crippen LogP contribution in [0.4, 0.5) is 0 Å². The Morgan fingerprint density at radius 1 is 0.197 bits per heavy atom. The summed E-state index contributed by atoms with van der Waals surface area (Å²) in [7, 11) is 0. The quantitative estimate of drug-likeness (QED) is 0.147. The van der Waals surface area contributed by atoms with Crippen LogP contribution in [-0.2, 0) is 0 Å². The minimum Gasteiger partial charge on any atom is -0.235 e. The van der Waals surface area contributed by atoms with E-state index in [0.29, 0.717) is 0 Å². The maximum Gasteiger partial charge on any atom is 0.119 e. The lowest BCUT2D eigenvalue weighted by atomic mass is 9.95. The Morgan fingerprint density at radius 3 is 0.424 bits per heavy atom. The highest BCUT2D eigenvalue weighted by Crippen LogP contribution is 2.51. The third-order valence-corrected chi connectivity index (χ3v) is 12.3. The number of aromatic nitrogens is 16. The van der Waals surface area contributed by atoms with Crippen molar-refractivity contribution in [2.24, 2.45) is 0 Å². The molecule has 10 aromatic rings. The van der Waals surface area contributed by atoms with Crippen molar-refractivity contribution in [3.05, 3.63) is 140 Å². The van der Waals surface area contributed by atoms with Crippen molar-refractivity contribution in [1.82, 2.24) is 78.2 Å². The Labute approximate surface area is 383 Å². The second kappa shape index (κ2) is 15.0. The monoisotopic (exact) mass is 880 g/mol. The van der Waals surface area contributed by atoms with Crippen molar-refractivity contribution in [1.29, 1.82) is 0 Å². The first kappa shape index (κ1) is 42.3. The van der Waals surface area contributed by atoms with Crippen LogP contribution in [0.1, 0.15) is 91.1 Å². The number of nitrogens with zero attached hydrogens (tertiary/aromatic N) is 16. The molecular weight excluding hydrogens is 825 g/mol. The standard InChI is InChI=1S/C50H56N16/c1-25-17-33(9)59(51-25)43-41-42(45(61-35(11)19-27(3)53-61)48(64-38(14)22-30(6)56-64)47(43)63-37(13)21-29(5)55-63)46(62-36(12)20-28(4)54-62)50(66-40(16)24-32(8)58-66)49(65-39(15)23-31(7)57-65)44(41)60-34(10)18-26(2)52-60/h17-24H,1-16H3. The van der Waals surface area contributed by atoms with Gasteiger partial charge in [0.15, 0.2) is 0 Å². The number of aryl methyl sites for hydroxylation is 16. The Bertz CT molecular complexity index is 3150. The van der Waals surface area contributed by atoms with Gasteiger partial charge in [0.1, 0.15) is 45.5 Å². The van der Waals surface area contributed by atoms with Gasteiger partial charge >= 0.3 is 0 Å². The average Bonchev–Trinajstić information content (AvgIpc) is 4.12. The molecule has 2 aromatic carbocycles. The summed E-state index contributed by atoms with van der Waals surface area (Å²) in [6.45, 7) is 33.1. The molecule has 0 amide bonds. The van der Waals surface area contributed by atoms with Gasteiger partial charge in [-0.3, -0.25) is 0 Å². The maximum atomic E-state index is 5.38. The fourth-order valence-corrected chi connectivity index (χ4v) is 10.1. The van der Waals surface area contributed by atoms with Gasteiger partial charge in [-0.2, -0.15) is 40.8 Å². The van der Waals surface area contributed by atoms with Gasteiger partial charge in [0.05, 0.1) is 45.6 Å². The Kier molecular flexibility index (Phi) is 9.60. The molecule has 8 aromatic heterocycles. The van der Waals surface area contributed by atoms with Crippen molar-refractivity contribution < 1.29 is 0 Å². The Hall–Kier alpha value is -7.62. The van der Waals surface area contributed by atoms with Gasteiger partial charge in [0.2, 0.25) is 0 Å². The molecule has 0 radical (unpaired) electrons. The maximum absolute atomic E-state index is 5.38. The highest BCUT2D eigenvalue weighted by molar-refractivity contribution is 6.16. The zero-order chi connectivity index (χ0) is 46.9. The van der Waals surface area contributed by atoms with E-state index >= 15 is 0 Å². The molecule has 0 atom stereocenters. The van der Waals surface area contributed by atoms with Gasteiger partial charge in [-0.25, -0.2) is 37.5 Å². The summed E-state index contributed by atoms with van der Waals surface area (Å²) in [5, 5.41) is 44.5. The van der Waals surface area contributed by atoms with Crippen LogP contribution in [0.3, 0.4) is 0 Å². The average molecular weight is 881 g/mol. The molecule has 0 N–H and O–H groups in total. The smallest absolute Gasteiger partial charge is 0.119 e. The highest BCUT2D eigenvalue weighted by atomic mass is 15.4. The van der Waals surface area contributed by atoms with E-state index in [-0.39, 0.29) is 0 Å². The van der Waals surface area contributed by atoms with Crippen molar-refractivity contribution >= 4 is 10.8 Å². The van der Waals surface area contributed by atoms with Crippen LogP contribution in [0, 0.1) is 111 Å². The van der Waals surface area contributed by atoms with Crippen LogP contribution in [-0.4, -0.2) is 78.2 Å². The Morgan fingerprint density at radius 2 is 0.318 bits per heavy atom. The lowest BCUT2D eigenvalue weighted by Crippen LogP contribution is -2.23. The molecule has 0 bridgehead atoms. The first-order chi connectivity index (χ1) is 31.3. The third-order valence-electron chi connectivity index (χ3n) is 12.3. The molecule has 8 heterocycles. The van der Waals surface area contributed by atoms with E-state index in [1.807, 2.05) is 74.1 Å². The van der Waals surface area contributed by atoms with Crippen LogP contribution in [0.25, 0.3) is 56.3 Å². The normalized spacial score (nSPS) is 11.9. The highest BCUT2D eigenvalue weighted by Gasteiger charge is 2.38. The minimum atomic E-state index is 0.758. The molecule has 16 nitrogen and oxygen atoms in total. The van der Waals surface area contributed by atoms with Gasteiger partial charge in [-0.05, 0) is 159 Å². The molecule has 0 saturated carbocycles. The zero-order valence-corrected chi connectivity index (χ0v) is 40.8. The summed E-state index contributed by atoms with van der Waals surface area (Å²) in [4.78, 5) is 0. The summed E-state index contributed by atoms with van der Waals surface area (Å²) in [5.74, 6) is 0. The predicted octanol–water partition coefficient (Wildman–Crippen LogP) is 9.26. The number of hydrogen-bond donors (Lipinski definition) is 0. The van der Waals surface area contributed by atoms with Gasteiger partial charge in [-0.1, -0.05) is 0 Å². The van der Waals surface area contributed by atoms with E-state index in [4.69, 9.17) is 40.8 Å². The molecule has 0 aliphatic heterocycles. The lowest BCUT2D eigenvalue weighted by Gasteiger charge is -2.30. The molecule has 66 heavy (non-hydrogen) atoms. The molecule has 16 heteroatoms. The SMILES string of the molecule is Cc1cc(C)n(-c2c(-n3nc(C)cc3C)c(-n3nc(C)cc3C)c3c(-n4nc(C)cc4C)c(-n4nc(C)cc4C)c(-n4nc(C)cc4C)c(-n4nc(C)cc4C)c3c2-n2nc(C)cc2C)n1. The minimum absolute atomic E-state index is 0.758. The summed E-state index contributed by atoms with van der Waals surface area (Å²) in [6, 6.07) is 16.9. The van der Waals surface area contributed by atoms with E-state index in [2.05, 4.69) is 123 Å². The second-order valence-corrected chi connectivity index (χ2v) is 18.3. The van der Waals surface area contributed by atoms with Crippen molar-refractivity contribution in [2.45, 2.75) is 111 Å². The van der Waals surface area contributed by atoms with Gasteiger partial charge in [-0.15, -0.1) is 0 Å². The van der Waals surface area contributed by atoms with Gasteiger partial charge in [0, 0.05) is 56.3 Å². The summed E-state index contributed by atoms with van der Waals surface area (Å²) in [5.41, 5.74) is 20.4. The molecule has 10 rings (SSSR count). The van der Waals surface area contributed by atoms with Crippen LogP contribution >= 0.6 is 0 Å². The Balaban J connectivity index is 1.71. The third kappa shape index (κ3) is 6.40. The van der Waals surface area contributed by atoms with E-state index < -0.39 is 0 Å². The molecule has 0 fully saturated rings. The molecule has 0 spiro atoms. The van der Waals surface area contributed by atoms with Crippen LogP contribution in [0.15, 0.2) is 48.5 Å². The van der Waals surface area contributed by atoms with Gasteiger partial charge in [0.25, 0.3) is 0 Å². The zero-order valence-electron chi connectivity index (χ0n) is 40.8. The first-order valence-electron chi connectivity index (χ1n) is 22.3. The molecule has 0 aliphatic rings. The van der Waals surface area contributed by atoms with E-state index in [1.165, 1.54) is 0 Å². The fraction of sp³-hybridized carbons (Fsp3) is 0.320. The summed E-state index contributed by atoms with van der Waals surface area (Å²) in [6.07, 6.45) is 0. The number of hydrogen-bond acceptors (Lipinski definition) is 8. The van der Waals surface area contributed by atoms with Crippen molar-refractivity contribution in [2.75, 3.05) is 0 Å². The van der Waals surface area contributed by atoms with Gasteiger partial charge < -0.3 is 0 Å². The summed E-state index contributed by atoms with van der Waals surface area (Å²) >= 11 is 0. The number of rotatable bonds is 8. The molecule has 0 unspecified atom stereocenters. The largest absolute Gasteiger partial charge is 0.235 e. The predicted molar refractivity (Wildman–Crippen MR) is 257 cm³/mol. The van der Waals surface area contributed by atoms with Crippen molar-refractivity contribution in [3.63, 3.8) is 0 Å². The van der Waals surface area contributed by atoms with Crippen LogP contribution < -0.4 is 0 Å². The van der Waals surface area contributed by atoms with E-state index in [0.717, 1.165) is 147 Å². The molecular formula is C50H56N16. The molecule has 0 aliphatic carbocycles. The lowest BCUT2D eigenvalue weighted by molar-refractivity contribution is 0.733.